The Labute approximate surface area is 100 Å². The second-order valence-electron chi connectivity index (χ2n) is 4.69. The summed E-state index contributed by atoms with van der Waals surface area (Å²) in [5, 5.41) is 10.4. The first-order valence-electron chi connectivity index (χ1n) is 5.84. The van der Waals surface area contributed by atoms with Crippen LogP contribution in [0.15, 0.2) is 18.2 Å². The molecule has 0 radical (unpaired) electrons. The molecule has 1 aliphatic rings. The maximum atomic E-state index is 13.9. The predicted molar refractivity (Wildman–Crippen MR) is 63.4 cm³/mol. The molecule has 1 aromatic carbocycles. The molecule has 0 aliphatic heterocycles. The van der Waals surface area contributed by atoms with Crippen LogP contribution in [0.25, 0.3) is 0 Å². The number of hydrogen-bond acceptors (Lipinski definition) is 3. The van der Waals surface area contributed by atoms with Gasteiger partial charge in [-0.05, 0) is 30.4 Å². The van der Waals surface area contributed by atoms with Crippen LogP contribution < -0.4 is 10.5 Å². The van der Waals surface area contributed by atoms with Crippen molar-refractivity contribution in [2.24, 2.45) is 11.7 Å². The van der Waals surface area contributed by atoms with Gasteiger partial charge in [-0.2, -0.15) is 0 Å². The van der Waals surface area contributed by atoms with Crippen LogP contribution >= 0.6 is 0 Å². The van der Waals surface area contributed by atoms with E-state index in [9.17, 15) is 9.50 Å². The molecule has 0 aromatic heterocycles. The molecule has 0 heterocycles. The molecule has 1 unspecified atom stereocenters. The smallest absolute Gasteiger partial charge is 0.168 e. The molecule has 4 heteroatoms. The molecule has 1 aromatic rings. The van der Waals surface area contributed by atoms with Gasteiger partial charge in [0.25, 0.3) is 0 Å². The quantitative estimate of drug-likeness (QED) is 0.818. The van der Waals surface area contributed by atoms with E-state index in [-0.39, 0.29) is 24.6 Å². The average molecular weight is 239 g/mol. The average Bonchev–Trinajstić information content (AvgIpc) is 3.16. The van der Waals surface area contributed by atoms with Crippen molar-refractivity contribution in [3.8, 4) is 5.75 Å². The zero-order valence-electron chi connectivity index (χ0n) is 9.95. The second-order valence-corrected chi connectivity index (χ2v) is 4.69. The van der Waals surface area contributed by atoms with Crippen molar-refractivity contribution in [3.63, 3.8) is 0 Å². The molecular weight excluding hydrogens is 221 g/mol. The third kappa shape index (κ3) is 2.42. The standard InChI is InChI=1S/C13H18FNO2/c1-17-11-4-2-3-9(12(11)14)7-13(16,8-15)10-5-6-10/h2-4,10,16H,5-8,15H2,1H3. The van der Waals surface area contributed by atoms with E-state index in [0.29, 0.717) is 5.56 Å². The number of methoxy groups -OCH3 is 1. The minimum atomic E-state index is -0.979. The fourth-order valence-electron chi connectivity index (χ4n) is 2.18. The lowest BCUT2D eigenvalue weighted by Crippen LogP contribution is -2.42. The highest BCUT2D eigenvalue weighted by Gasteiger charge is 2.43. The SMILES string of the molecule is COc1cccc(CC(O)(CN)C2CC2)c1F. The normalized spacial score (nSPS) is 18.8. The first-order chi connectivity index (χ1) is 8.10. The summed E-state index contributed by atoms with van der Waals surface area (Å²) in [6.45, 7) is 0.161. The van der Waals surface area contributed by atoms with Gasteiger partial charge < -0.3 is 15.6 Å². The van der Waals surface area contributed by atoms with Gasteiger partial charge in [0.2, 0.25) is 0 Å². The fraction of sp³-hybridized carbons (Fsp3) is 0.538. The van der Waals surface area contributed by atoms with Crippen LogP contribution in [0.3, 0.4) is 0 Å². The lowest BCUT2D eigenvalue weighted by atomic mass is 9.89. The molecule has 17 heavy (non-hydrogen) atoms. The van der Waals surface area contributed by atoms with Crippen LogP contribution in [0, 0.1) is 11.7 Å². The van der Waals surface area contributed by atoms with Gasteiger partial charge in [0.05, 0.1) is 12.7 Å². The number of hydrogen-bond donors (Lipinski definition) is 2. The highest BCUT2D eigenvalue weighted by atomic mass is 19.1. The summed E-state index contributed by atoms with van der Waals surface area (Å²) in [7, 11) is 1.43. The molecule has 3 N–H and O–H groups in total. The van der Waals surface area contributed by atoms with E-state index in [1.807, 2.05) is 0 Å². The zero-order valence-corrected chi connectivity index (χ0v) is 9.95. The lowest BCUT2D eigenvalue weighted by Gasteiger charge is -2.27. The van der Waals surface area contributed by atoms with E-state index in [4.69, 9.17) is 10.5 Å². The summed E-state index contributed by atoms with van der Waals surface area (Å²) in [4.78, 5) is 0. The molecule has 1 fully saturated rings. The predicted octanol–water partition coefficient (Wildman–Crippen LogP) is 1.48. The molecule has 0 amide bonds. The number of benzene rings is 1. The number of rotatable bonds is 5. The first-order valence-corrected chi connectivity index (χ1v) is 5.84. The Bertz CT molecular complexity index is 406. The van der Waals surface area contributed by atoms with Gasteiger partial charge in [0.15, 0.2) is 11.6 Å². The molecule has 3 nitrogen and oxygen atoms in total. The summed E-state index contributed by atoms with van der Waals surface area (Å²) in [5.41, 5.74) is 5.10. The lowest BCUT2D eigenvalue weighted by molar-refractivity contribution is 0.0258. The summed E-state index contributed by atoms with van der Waals surface area (Å²) in [5.74, 6) is 0.0123. The van der Waals surface area contributed by atoms with E-state index in [1.54, 1.807) is 18.2 Å². The maximum absolute atomic E-state index is 13.9. The highest BCUT2D eigenvalue weighted by Crippen LogP contribution is 2.41. The van der Waals surface area contributed by atoms with E-state index >= 15 is 0 Å². The number of ether oxygens (including phenoxy) is 1. The summed E-state index contributed by atoms with van der Waals surface area (Å²) >= 11 is 0. The molecule has 94 valence electrons. The number of nitrogens with two attached hydrogens (primary N) is 1. The van der Waals surface area contributed by atoms with Crippen molar-refractivity contribution in [2.75, 3.05) is 13.7 Å². The molecule has 1 aliphatic carbocycles. The van der Waals surface area contributed by atoms with Crippen molar-refractivity contribution in [1.82, 2.24) is 0 Å². The Morgan fingerprint density at radius 1 is 1.53 bits per heavy atom. The Hall–Kier alpha value is -1.13. The van der Waals surface area contributed by atoms with Gasteiger partial charge in [-0.15, -0.1) is 0 Å². The van der Waals surface area contributed by atoms with Crippen molar-refractivity contribution in [3.05, 3.63) is 29.6 Å². The minimum Gasteiger partial charge on any atom is -0.494 e. The Morgan fingerprint density at radius 2 is 2.24 bits per heavy atom. The fourth-order valence-corrected chi connectivity index (χ4v) is 2.18. The van der Waals surface area contributed by atoms with Gasteiger partial charge in [-0.3, -0.25) is 0 Å². The topological polar surface area (TPSA) is 55.5 Å². The summed E-state index contributed by atoms with van der Waals surface area (Å²) in [6, 6.07) is 4.96. The van der Waals surface area contributed by atoms with E-state index in [1.165, 1.54) is 7.11 Å². The third-order valence-corrected chi connectivity index (χ3v) is 3.45. The Kier molecular flexibility index (Phi) is 3.35. The molecule has 1 atom stereocenters. The Morgan fingerprint density at radius 3 is 2.76 bits per heavy atom. The molecule has 2 rings (SSSR count). The molecule has 1 saturated carbocycles. The summed E-state index contributed by atoms with van der Waals surface area (Å²) in [6.07, 6.45) is 2.19. The Balaban J connectivity index is 2.22. The molecular formula is C13H18FNO2. The van der Waals surface area contributed by atoms with Crippen molar-refractivity contribution >= 4 is 0 Å². The number of aliphatic hydroxyl groups is 1. The molecule has 0 bridgehead atoms. The monoisotopic (exact) mass is 239 g/mol. The van der Waals surface area contributed by atoms with Crippen LogP contribution in [0.2, 0.25) is 0 Å². The van der Waals surface area contributed by atoms with Gasteiger partial charge >= 0.3 is 0 Å². The van der Waals surface area contributed by atoms with Crippen LogP contribution in [0.5, 0.6) is 5.75 Å². The summed E-state index contributed by atoms with van der Waals surface area (Å²) < 4.78 is 18.9. The third-order valence-electron chi connectivity index (χ3n) is 3.45. The van der Waals surface area contributed by atoms with Crippen molar-refractivity contribution in [2.45, 2.75) is 24.9 Å². The number of halogens is 1. The van der Waals surface area contributed by atoms with Crippen LogP contribution in [-0.4, -0.2) is 24.4 Å². The van der Waals surface area contributed by atoms with Crippen LogP contribution in [-0.2, 0) is 6.42 Å². The van der Waals surface area contributed by atoms with Gasteiger partial charge in [0, 0.05) is 13.0 Å². The van der Waals surface area contributed by atoms with Crippen LogP contribution in [0.1, 0.15) is 18.4 Å². The second kappa shape index (κ2) is 4.63. The van der Waals surface area contributed by atoms with E-state index < -0.39 is 11.4 Å². The van der Waals surface area contributed by atoms with Gasteiger partial charge in [-0.1, -0.05) is 12.1 Å². The maximum Gasteiger partial charge on any atom is 0.168 e. The molecule has 0 saturated heterocycles. The molecule has 0 spiro atoms. The first kappa shape index (κ1) is 12.3. The van der Waals surface area contributed by atoms with E-state index in [2.05, 4.69) is 0 Å². The van der Waals surface area contributed by atoms with Gasteiger partial charge in [0.1, 0.15) is 0 Å². The largest absolute Gasteiger partial charge is 0.494 e. The van der Waals surface area contributed by atoms with Crippen LogP contribution in [0.4, 0.5) is 4.39 Å². The highest BCUT2D eigenvalue weighted by molar-refractivity contribution is 5.32. The van der Waals surface area contributed by atoms with Gasteiger partial charge in [-0.25, -0.2) is 4.39 Å². The van der Waals surface area contributed by atoms with Crippen molar-refractivity contribution < 1.29 is 14.2 Å². The minimum absolute atomic E-state index is 0.161. The zero-order chi connectivity index (χ0) is 12.5. The van der Waals surface area contributed by atoms with Crippen molar-refractivity contribution in [1.29, 1.82) is 0 Å². The van der Waals surface area contributed by atoms with E-state index in [0.717, 1.165) is 12.8 Å².